The maximum Gasteiger partial charge on any atom is 0.268 e. The van der Waals surface area contributed by atoms with E-state index in [2.05, 4.69) is 0 Å². The Morgan fingerprint density at radius 3 is 1.82 bits per heavy atom. The van der Waals surface area contributed by atoms with E-state index in [0.29, 0.717) is 21.8 Å². The molecule has 0 bridgehead atoms. The highest BCUT2D eigenvalue weighted by Crippen LogP contribution is 2.48. The molecule has 170 valence electrons. The van der Waals surface area contributed by atoms with Crippen LogP contribution in [-0.2, 0) is 20.8 Å². The third-order valence-electron chi connectivity index (χ3n) is 6.03. The van der Waals surface area contributed by atoms with Crippen LogP contribution in [-0.4, -0.2) is 12.4 Å². The smallest absolute Gasteiger partial charge is 0.268 e. The van der Waals surface area contributed by atoms with E-state index in [1.54, 1.807) is 30.3 Å². The molecule has 0 radical (unpaired) electrons. The summed E-state index contributed by atoms with van der Waals surface area (Å²) >= 11 is 0. The molecule has 0 aliphatic heterocycles. The lowest BCUT2D eigenvalue weighted by molar-refractivity contribution is 0.583. The zero-order chi connectivity index (χ0) is 23.8. The summed E-state index contributed by atoms with van der Waals surface area (Å²) in [7, 11) is -7.09. The van der Waals surface area contributed by atoms with Crippen LogP contribution >= 0.6 is 7.14 Å². The second-order valence-corrected chi connectivity index (χ2v) is 13.0. The van der Waals surface area contributed by atoms with Gasteiger partial charge in [-0.05, 0) is 31.2 Å². The van der Waals surface area contributed by atoms with Gasteiger partial charge in [0.1, 0.15) is 7.14 Å². The minimum absolute atomic E-state index is 0.0841. The predicted molar refractivity (Wildman–Crippen MR) is 139 cm³/mol. The molecule has 0 saturated heterocycles. The molecule has 5 aromatic rings. The molecule has 1 heterocycles. The molecule has 0 aliphatic carbocycles. The second-order valence-electron chi connectivity index (χ2n) is 8.35. The van der Waals surface area contributed by atoms with Gasteiger partial charge in [0, 0.05) is 21.7 Å². The number of fused-ring (bicyclic) bond motifs is 1. The number of hydrogen-bond donors (Lipinski definition) is 0. The number of rotatable bonds is 6. The number of aryl methyl sites for hydroxylation is 1. The average molecular weight is 486 g/mol. The third-order valence-corrected chi connectivity index (χ3v) is 10.8. The van der Waals surface area contributed by atoms with Crippen molar-refractivity contribution in [2.75, 3.05) is 0 Å². The second kappa shape index (κ2) is 8.75. The van der Waals surface area contributed by atoms with Gasteiger partial charge in [0.15, 0.2) is 0 Å². The molecule has 0 amide bonds. The highest BCUT2D eigenvalue weighted by molar-refractivity contribution is 7.90. The molecular formula is C28H24NO3PS. The van der Waals surface area contributed by atoms with Crippen molar-refractivity contribution in [1.82, 2.24) is 3.97 Å². The molecule has 4 aromatic carbocycles. The number of benzene rings is 4. The summed E-state index contributed by atoms with van der Waals surface area (Å²) < 4.78 is 43.8. The lowest BCUT2D eigenvalue weighted by atomic mass is 10.2. The normalized spacial score (nSPS) is 12.1. The van der Waals surface area contributed by atoms with Gasteiger partial charge in [-0.1, -0.05) is 96.6 Å². The van der Waals surface area contributed by atoms with E-state index in [1.165, 1.54) is 3.97 Å². The van der Waals surface area contributed by atoms with E-state index in [-0.39, 0.29) is 11.1 Å². The zero-order valence-electron chi connectivity index (χ0n) is 18.7. The van der Waals surface area contributed by atoms with Crippen molar-refractivity contribution >= 4 is 38.7 Å². The Morgan fingerprint density at radius 2 is 1.24 bits per heavy atom. The molecular weight excluding hydrogens is 461 g/mol. The molecule has 1 aromatic heterocycles. The summed E-state index contributed by atoms with van der Waals surface area (Å²) in [5.74, 6) is 0. The first-order valence-electron chi connectivity index (χ1n) is 11.0. The quantitative estimate of drug-likeness (QED) is 0.290. The molecule has 0 spiro atoms. The van der Waals surface area contributed by atoms with Gasteiger partial charge >= 0.3 is 0 Å². The van der Waals surface area contributed by atoms with Crippen molar-refractivity contribution in [3.05, 3.63) is 127 Å². The SMILES string of the molecule is Cc1ccc(S(=O)(=O)n2c(CP(=O)(c3ccccc3)c3ccccc3)cc3ccccc32)cc1. The van der Waals surface area contributed by atoms with E-state index in [9.17, 15) is 13.0 Å². The lowest BCUT2D eigenvalue weighted by Gasteiger charge is -2.21. The summed E-state index contributed by atoms with van der Waals surface area (Å²) in [4.78, 5) is 0.204. The predicted octanol–water partition coefficient (Wildman–Crippen LogP) is 5.70. The summed E-state index contributed by atoms with van der Waals surface area (Å²) in [6, 6.07) is 34.7. The molecule has 0 atom stereocenters. The molecule has 5 rings (SSSR count). The Hall–Kier alpha value is -3.40. The van der Waals surface area contributed by atoms with Gasteiger partial charge in [0.25, 0.3) is 10.0 Å². The van der Waals surface area contributed by atoms with Crippen LogP contribution in [0.5, 0.6) is 0 Å². The van der Waals surface area contributed by atoms with Crippen LogP contribution in [0.1, 0.15) is 11.3 Å². The van der Waals surface area contributed by atoms with E-state index >= 15 is 0 Å². The Morgan fingerprint density at radius 1 is 0.706 bits per heavy atom. The van der Waals surface area contributed by atoms with Crippen molar-refractivity contribution in [3.63, 3.8) is 0 Å². The summed E-state index contributed by atoms with van der Waals surface area (Å²) in [6.07, 6.45) is 0.0841. The molecule has 4 nitrogen and oxygen atoms in total. The van der Waals surface area contributed by atoms with Crippen molar-refractivity contribution in [2.45, 2.75) is 18.0 Å². The van der Waals surface area contributed by atoms with Crippen LogP contribution in [0.4, 0.5) is 0 Å². The molecule has 6 heteroatoms. The maximum absolute atomic E-state index is 14.7. The van der Waals surface area contributed by atoms with Gasteiger partial charge in [0.05, 0.1) is 16.6 Å². The van der Waals surface area contributed by atoms with Gasteiger partial charge in [0.2, 0.25) is 0 Å². The van der Waals surface area contributed by atoms with Crippen molar-refractivity contribution in [1.29, 1.82) is 0 Å². The van der Waals surface area contributed by atoms with Gasteiger partial charge in [-0.2, -0.15) is 0 Å². The Kier molecular flexibility index (Phi) is 5.76. The fourth-order valence-electron chi connectivity index (χ4n) is 4.29. The highest BCUT2D eigenvalue weighted by Gasteiger charge is 2.32. The zero-order valence-corrected chi connectivity index (χ0v) is 20.4. The number of nitrogens with zero attached hydrogens (tertiary/aromatic N) is 1. The Labute approximate surface area is 199 Å². The standard InChI is InChI=1S/C28H24NO3PS/c1-22-16-18-27(19-17-22)34(31,32)29-24(20-23-10-8-9-15-28(23)29)21-33(30,25-11-4-2-5-12-25)26-13-6-3-7-14-26/h2-20H,21H2,1H3. The van der Waals surface area contributed by atoms with Crippen LogP contribution in [0, 0.1) is 6.92 Å². The van der Waals surface area contributed by atoms with Crippen molar-refractivity contribution in [3.8, 4) is 0 Å². The molecule has 0 fully saturated rings. The van der Waals surface area contributed by atoms with Gasteiger partial charge in [-0.15, -0.1) is 0 Å². The largest absolute Gasteiger partial charge is 0.313 e. The Balaban J connectivity index is 1.74. The molecule has 0 unspecified atom stereocenters. The highest BCUT2D eigenvalue weighted by atomic mass is 32.2. The van der Waals surface area contributed by atoms with E-state index in [0.717, 1.165) is 10.9 Å². The van der Waals surface area contributed by atoms with Crippen LogP contribution in [0.3, 0.4) is 0 Å². The first kappa shape index (κ1) is 22.4. The molecule has 0 N–H and O–H groups in total. The monoisotopic (exact) mass is 485 g/mol. The minimum atomic E-state index is -3.91. The average Bonchev–Trinajstić information content (AvgIpc) is 3.23. The molecule has 34 heavy (non-hydrogen) atoms. The third kappa shape index (κ3) is 3.91. The summed E-state index contributed by atoms with van der Waals surface area (Å²) in [6.45, 7) is 1.92. The number of aromatic nitrogens is 1. The van der Waals surface area contributed by atoms with Crippen LogP contribution < -0.4 is 10.6 Å². The van der Waals surface area contributed by atoms with Crippen molar-refractivity contribution < 1.29 is 13.0 Å². The number of hydrogen-bond acceptors (Lipinski definition) is 3. The first-order valence-corrected chi connectivity index (χ1v) is 14.3. The molecule has 0 saturated carbocycles. The van der Waals surface area contributed by atoms with Crippen LogP contribution in [0.25, 0.3) is 10.9 Å². The van der Waals surface area contributed by atoms with Crippen LogP contribution in [0.2, 0.25) is 0 Å². The minimum Gasteiger partial charge on any atom is -0.313 e. The van der Waals surface area contributed by atoms with Crippen molar-refractivity contribution in [2.24, 2.45) is 0 Å². The lowest BCUT2D eigenvalue weighted by Crippen LogP contribution is -2.21. The number of para-hydroxylation sites is 1. The fourth-order valence-corrected chi connectivity index (χ4v) is 8.59. The van der Waals surface area contributed by atoms with Gasteiger partial charge < -0.3 is 4.57 Å². The van der Waals surface area contributed by atoms with Gasteiger partial charge in [-0.3, -0.25) is 0 Å². The molecule has 0 aliphatic rings. The maximum atomic E-state index is 14.7. The fraction of sp³-hybridized carbons (Fsp3) is 0.0714. The van der Waals surface area contributed by atoms with Gasteiger partial charge in [-0.25, -0.2) is 12.4 Å². The first-order chi connectivity index (χ1) is 16.4. The van der Waals surface area contributed by atoms with E-state index in [4.69, 9.17) is 0 Å². The Bertz CT molecular complexity index is 1560. The topological polar surface area (TPSA) is 56.1 Å². The van der Waals surface area contributed by atoms with E-state index in [1.807, 2.05) is 91.9 Å². The van der Waals surface area contributed by atoms with Crippen LogP contribution in [0.15, 0.2) is 120 Å². The van der Waals surface area contributed by atoms with E-state index < -0.39 is 17.2 Å². The summed E-state index contributed by atoms with van der Waals surface area (Å²) in [5, 5.41) is 2.19. The summed E-state index contributed by atoms with van der Waals surface area (Å²) in [5.41, 5.74) is 2.05.